The maximum absolute atomic E-state index is 14.4. The van der Waals surface area contributed by atoms with Gasteiger partial charge in [0.15, 0.2) is 23.0 Å². The topological polar surface area (TPSA) is 221 Å². The van der Waals surface area contributed by atoms with E-state index in [1.54, 1.807) is 80.3 Å². The molecule has 0 aliphatic carbocycles. The number of nitrogens with zero attached hydrogens (tertiary/aromatic N) is 6. The number of aryl methyl sites for hydroxylation is 1. The number of nitrogens with one attached hydrogen (secondary N) is 3. The van der Waals surface area contributed by atoms with Crippen LogP contribution >= 0.6 is 0 Å². The van der Waals surface area contributed by atoms with Crippen molar-refractivity contribution in [2.24, 2.45) is 10.9 Å². The first kappa shape index (κ1) is 63.5. The van der Waals surface area contributed by atoms with E-state index >= 15 is 0 Å². The Labute approximate surface area is 515 Å². The highest BCUT2D eigenvalue weighted by molar-refractivity contribution is 6.13. The van der Waals surface area contributed by atoms with E-state index in [2.05, 4.69) is 63.6 Å². The quantitative estimate of drug-likeness (QED) is 0.0289. The highest BCUT2D eigenvalue weighted by Crippen LogP contribution is 2.41. The monoisotopic (exact) mass is 1200 g/mol. The number of carbonyl (C=O) groups excluding carboxylic acids is 7. The molecule has 0 radical (unpaired) electrons. The summed E-state index contributed by atoms with van der Waals surface area (Å²) in [6, 6.07) is 20.5. The minimum Gasteiger partial charge on any atom is -0.493 e. The number of fused-ring (bicyclic) bond motifs is 2. The van der Waals surface area contributed by atoms with Gasteiger partial charge in [-0.1, -0.05) is 50.6 Å². The first-order valence-electron chi connectivity index (χ1n) is 30.4. The second-order valence-corrected chi connectivity index (χ2v) is 23.3. The Bertz CT molecular complexity index is 3400. The van der Waals surface area contributed by atoms with Crippen molar-refractivity contribution in [2.45, 2.75) is 110 Å². The summed E-state index contributed by atoms with van der Waals surface area (Å²) >= 11 is 0. The van der Waals surface area contributed by atoms with Crippen molar-refractivity contribution in [2.75, 3.05) is 77.4 Å². The van der Waals surface area contributed by atoms with Crippen LogP contribution in [0.1, 0.15) is 116 Å². The van der Waals surface area contributed by atoms with E-state index in [1.165, 1.54) is 29.8 Å². The van der Waals surface area contributed by atoms with Gasteiger partial charge in [-0.2, -0.15) is 0 Å². The number of likely N-dealkylation sites (N-methyl/N-ethyl adjacent to an activating group) is 1. The third kappa shape index (κ3) is 15.2. The molecule has 4 aromatic carbocycles. The fraction of sp³-hybridized carbons (Fsp3) is 0.412. The zero-order valence-corrected chi connectivity index (χ0v) is 51.5. The maximum atomic E-state index is 14.4. The number of carbonyl (C=O) groups is 7. The van der Waals surface area contributed by atoms with Crippen LogP contribution in [-0.4, -0.2) is 159 Å². The van der Waals surface area contributed by atoms with Crippen LogP contribution in [0.3, 0.4) is 0 Å². The molecule has 3 N–H and O–H groups in total. The zero-order chi connectivity index (χ0) is 62.6. The number of aliphatic imine (C=N–C) groups is 1. The molecule has 4 aromatic rings. The van der Waals surface area contributed by atoms with Crippen LogP contribution < -0.4 is 39.8 Å². The average Bonchev–Trinajstić information content (AvgIpc) is 4.26. The first-order valence-corrected chi connectivity index (χ1v) is 30.4. The molecule has 4 atom stereocenters. The molecule has 0 spiro atoms. The molecule has 5 aliphatic heterocycles. The predicted molar refractivity (Wildman–Crippen MR) is 339 cm³/mol. The minimum absolute atomic E-state index is 0.138. The molecule has 0 aromatic heterocycles. The van der Waals surface area contributed by atoms with E-state index in [9.17, 15) is 33.6 Å². The van der Waals surface area contributed by atoms with Crippen molar-refractivity contribution < 1.29 is 52.5 Å². The van der Waals surface area contributed by atoms with E-state index in [4.69, 9.17) is 23.9 Å². The van der Waals surface area contributed by atoms with Crippen LogP contribution in [0.4, 0.5) is 17.1 Å². The second-order valence-electron chi connectivity index (χ2n) is 23.3. The Morgan fingerprint density at radius 1 is 0.727 bits per heavy atom. The van der Waals surface area contributed by atoms with Gasteiger partial charge in [-0.3, -0.25) is 43.5 Å². The Hall–Kier alpha value is -9.04. The third-order valence-electron chi connectivity index (χ3n) is 16.7. The SMILES string of the molecule is C=CC1CC(c2cccc(NC(=O)[C@H](C)NC(=O)C(NC(=O)CCCCCN3C(=O)C=CC3=O)C(C)C)c2)=CN1C(=O)c1cc(OC)c(OCCCCCOc2cc3c(cc2OC)C(=O)N2C=C(c4ccc(N5CCN(C)CC5)cc4)CC2C=N3)cc1C. The van der Waals surface area contributed by atoms with Crippen molar-refractivity contribution >= 4 is 75.8 Å². The van der Waals surface area contributed by atoms with E-state index in [1.807, 2.05) is 37.5 Å². The van der Waals surface area contributed by atoms with Gasteiger partial charge in [0.25, 0.3) is 23.6 Å². The summed E-state index contributed by atoms with van der Waals surface area (Å²) in [5.41, 5.74) is 7.66. The number of piperazine rings is 1. The highest BCUT2D eigenvalue weighted by atomic mass is 16.5. The van der Waals surface area contributed by atoms with Gasteiger partial charge in [0, 0.05) is 99.3 Å². The highest BCUT2D eigenvalue weighted by Gasteiger charge is 2.35. The maximum Gasteiger partial charge on any atom is 0.260 e. The van der Waals surface area contributed by atoms with Gasteiger partial charge < -0.3 is 54.5 Å². The van der Waals surface area contributed by atoms with E-state index in [-0.39, 0.29) is 60.5 Å². The summed E-state index contributed by atoms with van der Waals surface area (Å²) < 4.78 is 23.9. The van der Waals surface area contributed by atoms with Crippen LogP contribution in [0.15, 0.2) is 115 Å². The number of benzene rings is 4. The number of ether oxygens (including phenoxy) is 4. The Kier molecular flexibility index (Phi) is 21.0. The lowest BCUT2D eigenvalue weighted by molar-refractivity contribution is -0.137. The van der Waals surface area contributed by atoms with Crippen molar-refractivity contribution in [1.29, 1.82) is 0 Å². The van der Waals surface area contributed by atoms with Crippen LogP contribution in [0.5, 0.6) is 23.0 Å². The summed E-state index contributed by atoms with van der Waals surface area (Å²) in [5.74, 6) is -0.697. The summed E-state index contributed by atoms with van der Waals surface area (Å²) in [6.45, 7) is 16.2. The van der Waals surface area contributed by atoms with Gasteiger partial charge in [0.05, 0.1) is 50.8 Å². The van der Waals surface area contributed by atoms with Gasteiger partial charge >= 0.3 is 0 Å². The largest absolute Gasteiger partial charge is 0.493 e. The van der Waals surface area contributed by atoms with Crippen molar-refractivity contribution in [3.8, 4) is 23.0 Å². The van der Waals surface area contributed by atoms with Crippen LogP contribution in [0, 0.1) is 12.8 Å². The van der Waals surface area contributed by atoms with Gasteiger partial charge in [0.2, 0.25) is 17.7 Å². The predicted octanol–water partition coefficient (Wildman–Crippen LogP) is 8.87. The smallest absolute Gasteiger partial charge is 0.260 e. The molecule has 0 saturated carbocycles. The molecule has 20 nitrogen and oxygen atoms in total. The molecular weight excluding hydrogens is 1120 g/mol. The van der Waals surface area contributed by atoms with E-state index < -0.39 is 23.9 Å². The fourth-order valence-corrected chi connectivity index (χ4v) is 11.4. The van der Waals surface area contributed by atoms with Gasteiger partial charge in [0.1, 0.15) is 12.1 Å². The van der Waals surface area contributed by atoms with Gasteiger partial charge in [-0.25, -0.2) is 0 Å². The first-order chi connectivity index (χ1) is 42.4. The number of imide groups is 1. The van der Waals surface area contributed by atoms with Crippen LogP contribution in [0.25, 0.3) is 11.1 Å². The third-order valence-corrected chi connectivity index (χ3v) is 16.7. The molecule has 0 bridgehead atoms. The summed E-state index contributed by atoms with van der Waals surface area (Å²) in [6.07, 6.45) is 15.1. The lowest BCUT2D eigenvalue weighted by Crippen LogP contribution is -2.53. The lowest BCUT2D eigenvalue weighted by Gasteiger charge is -2.34. The number of unbranched alkanes of at least 4 members (excludes halogenated alkanes) is 4. The van der Waals surface area contributed by atoms with Crippen molar-refractivity contribution in [3.05, 3.63) is 138 Å². The molecule has 1 fully saturated rings. The minimum atomic E-state index is -0.948. The van der Waals surface area contributed by atoms with Gasteiger partial charge in [-0.15, -0.1) is 6.58 Å². The number of hydrogen-bond acceptors (Lipinski definition) is 14. The molecule has 7 amide bonds. The van der Waals surface area contributed by atoms with Crippen molar-refractivity contribution in [1.82, 2.24) is 30.2 Å². The molecule has 1 saturated heterocycles. The summed E-state index contributed by atoms with van der Waals surface area (Å²) in [4.78, 5) is 106. The molecule has 5 heterocycles. The Morgan fingerprint density at radius 3 is 2.08 bits per heavy atom. The van der Waals surface area contributed by atoms with E-state index in [0.717, 1.165) is 67.7 Å². The van der Waals surface area contributed by atoms with Crippen molar-refractivity contribution in [3.63, 3.8) is 0 Å². The molecule has 9 rings (SSSR count). The standard InChI is InChI=1S/C68H81N9O11/c1-9-51-35-49(47-17-16-18-50(34-47)71-65(81)45(5)70-66(82)64(43(2)3)72-61(78)19-12-10-13-26-75-62(79)24-25-63(75)80)42-76(51)67(83)54-37-57(85-7)59(33-44(54)4)87-31-14-11-15-32-88-60-39-56-55(38-58(60)86-8)68(84)77-41-48(36-53(77)40-69-56)46-20-22-52(23-21-46)74-29-27-73(6)28-30-74/h9,16-18,20-25,33-34,37-43,45,51,53,64H,1,10-15,19,26-32,35-36H2,2-8H3,(H,70,82)(H,71,81)(H,72,78)/t45-,51?,53?,64?/m0/s1. The fourth-order valence-electron chi connectivity index (χ4n) is 11.4. The molecular formula is C68H81N9O11. The number of anilines is 2. The average molecular weight is 1200 g/mol. The number of methoxy groups -OCH3 is 2. The summed E-state index contributed by atoms with van der Waals surface area (Å²) in [7, 11) is 5.25. The summed E-state index contributed by atoms with van der Waals surface area (Å²) in [5, 5.41) is 8.42. The molecule has 20 heteroatoms. The number of amides is 7. The normalized spacial score (nSPS) is 17.9. The van der Waals surface area contributed by atoms with Crippen LogP contribution in [0.2, 0.25) is 0 Å². The number of rotatable bonds is 27. The zero-order valence-electron chi connectivity index (χ0n) is 51.5. The molecule has 464 valence electrons. The van der Waals surface area contributed by atoms with Gasteiger partial charge in [-0.05, 0) is 136 Å². The molecule has 5 aliphatic rings. The van der Waals surface area contributed by atoms with E-state index in [0.29, 0.717) is 96.4 Å². The molecule has 88 heavy (non-hydrogen) atoms. The Morgan fingerprint density at radius 2 is 1.40 bits per heavy atom. The second kappa shape index (κ2) is 29.1. The van der Waals surface area contributed by atoms with Crippen LogP contribution in [-0.2, 0) is 24.0 Å². The Balaban J connectivity index is 0.724. The lowest BCUT2D eigenvalue weighted by atomic mass is 10.0. The molecule has 3 unspecified atom stereocenters. The number of hydrogen-bond donors (Lipinski definition) is 3.